The van der Waals surface area contributed by atoms with Crippen molar-refractivity contribution in [3.8, 4) is 17.1 Å². The Morgan fingerprint density at radius 1 is 1.00 bits per heavy atom. The molecule has 2 N–H and O–H groups in total. The number of rotatable bonds is 6. The predicted molar refractivity (Wildman–Crippen MR) is 191 cm³/mol. The molecule has 0 spiro atoms. The first-order valence-electron chi connectivity index (χ1n) is 17.9. The van der Waals surface area contributed by atoms with Gasteiger partial charge >= 0.3 is 12.1 Å². The van der Waals surface area contributed by atoms with Crippen molar-refractivity contribution < 1.29 is 33.4 Å². The van der Waals surface area contributed by atoms with Crippen molar-refractivity contribution in [2.24, 2.45) is 5.92 Å². The van der Waals surface area contributed by atoms with E-state index in [1.165, 1.54) is 4.90 Å². The highest BCUT2D eigenvalue weighted by atomic mass is 16.6. The Morgan fingerprint density at radius 3 is 2.45 bits per heavy atom. The molecule has 3 heterocycles. The summed E-state index contributed by atoms with van der Waals surface area (Å²) in [6.45, 7) is 7.21. The second kappa shape index (κ2) is 15.1. The van der Waals surface area contributed by atoms with Crippen molar-refractivity contribution in [1.29, 1.82) is 0 Å². The van der Waals surface area contributed by atoms with Gasteiger partial charge in [-0.25, -0.2) is 19.6 Å². The Labute approximate surface area is 298 Å². The summed E-state index contributed by atoms with van der Waals surface area (Å²) in [6, 6.07) is 15.1. The molecule has 3 amide bonds. The van der Waals surface area contributed by atoms with Crippen LogP contribution in [0.4, 0.5) is 4.79 Å². The van der Waals surface area contributed by atoms with Crippen LogP contribution in [0.25, 0.3) is 22.3 Å². The Hall–Kier alpha value is -5.00. The highest BCUT2D eigenvalue weighted by Gasteiger charge is 2.62. The van der Waals surface area contributed by atoms with Gasteiger partial charge in [0.1, 0.15) is 35.0 Å². The number of para-hydroxylation sites is 2. The fourth-order valence-electron chi connectivity index (χ4n) is 6.85. The third-order valence-electron chi connectivity index (χ3n) is 9.43. The number of alkyl carbamates (subject to hydrolysis) is 1. The van der Waals surface area contributed by atoms with Gasteiger partial charge in [0, 0.05) is 17.9 Å². The van der Waals surface area contributed by atoms with E-state index in [1.54, 1.807) is 27.7 Å². The van der Waals surface area contributed by atoms with Crippen molar-refractivity contribution in [3.63, 3.8) is 0 Å². The van der Waals surface area contributed by atoms with E-state index < -0.39 is 53.2 Å². The van der Waals surface area contributed by atoms with Crippen LogP contribution in [0.2, 0.25) is 0 Å². The number of carbonyl (C=O) groups is 4. The van der Waals surface area contributed by atoms with Gasteiger partial charge in [0.05, 0.1) is 24.2 Å². The largest absolute Gasteiger partial charge is 0.471 e. The van der Waals surface area contributed by atoms with Gasteiger partial charge in [0.25, 0.3) is 0 Å². The number of carbonyl (C=O) groups excluding carboxylic acids is 4. The van der Waals surface area contributed by atoms with E-state index in [4.69, 9.17) is 24.2 Å². The Balaban J connectivity index is 1.34. The smallest absolute Gasteiger partial charge is 0.408 e. The van der Waals surface area contributed by atoms with Crippen molar-refractivity contribution in [2.75, 3.05) is 13.2 Å². The minimum Gasteiger partial charge on any atom is -0.471 e. The zero-order chi connectivity index (χ0) is 36.2. The molecular formula is C39H47N5O7. The fourth-order valence-corrected chi connectivity index (χ4v) is 6.85. The number of hydrogen-bond donors (Lipinski definition) is 2. The zero-order valence-corrected chi connectivity index (χ0v) is 29.7. The van der Waals surface area contributed by atoms with Gasteiger partial charge in [-0.05, 0) is 65.5 Å². The molecule has 12 heteroatoms. The van der Waals surface area contributed by atoms with Crippen LogP contribution in [0.1, 0.15) is 72.6 Å². The van der Waals surface area contributed by atoms with Crippen molar-refractivity contribution >= 4 is 34.9 Å². The number of fused-ring (bicyclic) bond motifs is 3. The number of aromatic nitrogens is 2. The number of hydrogen-bond acceptors (Lipinski definition) is 9. The lowest BCUT2D eigenvalue weighted by Crippen LogP contribution is -2.56. The molecule has 0 unspecified atom stereocenters. The van der Waals surface area contributed by atoms with Crippen molar-refractivity contribution in [2.45, 2.75) is 102 Å². The molecule has 1 saturated heterocycles. The van der Waals surface area contributed by atoms with Gasteiger partial charge in [0.2, 0.25) is 17.7 Å². The summed E-state index contributed by atoms with van der Waals surface area (Å²) in [4.78, 5) is 66.2. The van der Waals surface area contributed by atoms with Gasteiger partial charge < -0.3 is 29.7 Å². The highest BCUT2D eigenvalue weighted by Crippen LogP contribution is 2.46. The minimum atomic E-state index is -1.21. The summed E-state index contributed by atoms with van der Waals surface area (Å²) < 4.78 is 17.5. The summed E-state index contributed by atoms with van der Waals surface area (Å²) in [6.07, 6.45) is 6.71. The lowest BCUT2D eigenvalue weighted by Gasteiger charge is -2.30. The number of nitrogens with one attached hydrogen (secondary N) is 2. The van der Waals surface area contributed by atoms with Gasteiger partial charge in [0.15, 0.2) is 0 Å². The molecule has 6 rings (SSSR count). The van der Waals surface area contributed by atoms with Crippen LogP contribution in [0.5, 0.6) is 5.88 Å². The molecule has 1 aromatic heterocycles. The average Bonchev–Trinajstić information content (AvgIpc) is 3.63. The topological polar surface area (TPSA) is 149 Å². The van der Waals surface area contributed by atoms with Crippen LogP contribution < -0.4 is 15.4 Å². The summed E-state index contributed by atoms with van der Waals surface area (Å²) in [5, 5.41) is 5.78. The van der Waals surface area contributed by atoms with Crippen LogP contribution in [0, 0.1) is 5.92 Å². The third kappa shape index (κ3) is 8.32. The Morgan fingerprint density at radius 2 is 1.73 bits per heavy atom. The van der Waals surface area contributed by atoms with Gasteiger partial charge in [-0.2, -0.15) is 0 Å². The quantitative estimate of drug-likeness (QED) is 0.252. The van der Waals surface area contributed by atoms with E-state index in [0.29, 0.717) is 36.0 Å². The molecule has 5 atom stereocenters. The number of amides is 3. The third-order valence-corrected chi connectivity index (χ3v) is 9.43. The van der Waals surface area contributed by atoms with Gasteiger partial charge in [-0.15, -0.1) is 0 Å². The van der Waals surface area contributed by atoms with E-state index in [1.807, 2.05) is 66.7 Å². The molecule has 270 valence electrons. The molecule has 1 saturated carbocycles. The molecule has 2 aliphatic heterocycles. The lowest BCUT2D eigenvalue weighted by molar-refractivity contribution is -0.150. The summed E-state index contributed by atoms with van der Waals surface area (Å²) in [5.74, 6) is -1.35. The summed E-state index contributed by atoms with van der Waals surface area (Å²) >= 11 is 0. The molecule has 3 aliphatic rings. The number of ether oxygens (including phenoxy) is 3. The maximum atomic E-state index is 14.5. The number of nitrogens with zero attached hydrogens (tertiary/aromatic N) is 3. The Bertz CT molecular complexity index is 1790. The standard InChI is InChI=1S/C39H47N5O7/c1-5-49-36(47)39-23-26(39)18-12-7-6-8-13-21-30(42-37(48)51-38(2,3)4)35(46)44-24-27(22-31(44)33(45)43-39)50-34-32(25-16-10-9-11-17-25)40-28-19-14-15-20-29(28)41-34/h9-12,14-20,26-27,30-31H,5-8,13,21-24H2,1-4H3,(H,42,48)(H,43,45)/b18-12-/t26-,27+,30-,31-,39+/m0/s1. The molecule has 0 bridgehead atoms. The molecule has 2 fully saturated rings. The Kier molecular flexibility index (Phi) is 10.6. The first kappa shape index (κ1) is 35.8. The molecule has 12 nitrogen and oxygen atoms in total. The summed E-state index contributed by atoms with van der Waals surface area (Å²) in [5.41, 5.74) is 0.695. The van der Waals surface area contributed by atoms with Crippen LogP contribution >= 0.6 is 0 Å². The van der Waals surface area contributed by atoms with E-state index in [0.717, 1.165) is 24.8 Å². The molecular weight excluding hydrogens is 650 g/mol. The maximum absolute atomic E-state index is 14.5. The van der Waals surface area contributed by atoms with Crippen LogP contribution in [-0.2, 0) is 23.9 Å². The van der Waals surface area contributed by atoms with E-state index in [2.05, 4.69) is 10.6 Å². The minimum absolute atomic E-state index is 0.0435. The van der Waals surface area contributed by atoms with Crippen LogP contribution in [0.3, 0.4) is 0 Å². The van der Waals surface area contributed by atoms with E-state index in [9.17, 15) is 19.2 Å². The van der Waals surface area contributed by atoms with Crippen molar-refractivity contribution in [1.82, 2.24) is 25.5 Å². The van der Waals surface area contributed by atoms with Crippen molar-refractivity contribution in [3.05, 3.63) is 66.7 Å². The number of allylic oxidation sites excluding steroid dienone is 1. The molecule has 2 aromatic carbocycles. The highest BCUT2D eigenvalue weighted by molar-refractivity contribution is 5.96. The van der Waals surface area contributed by atoms with Crippen LogP contribution in [-0.4, -0.2) is 81.2 Å². The fraction of sp³-hybridized carbons (Fsp3) is 0.487. The molecule has 1 aliphatic carbocycles. The first-order chi connectivity index (χ1) is 24.5. The van der Waals surface area contributed by atoms with Gasteiger partial charge in [-0.1, -0.05) is 67.5 Å². The van der Waals surface area contributed by atoms with Crippen LogP contribution in [0.15, 0.2) is 66.7 Å². The van der Waals surface area contributed by atoms with E-state index >= 15 is 0 Å². The molecule has 0 radical (unpaired) electrons. The predicted octanol–water partition coefficient (Wildman–Crippen LogP) is 5.50. The monoisotopic (exact) mass is 697 g/mol. The van der Waals surface area contributed by atoms with E-state index in [-0.39, 0.29) is 31.4 Å². The second-order valence-electron chi connectivity index (χ2n) is 14.5. The lowest BCUT2D eigenvalue weighted by atomic mass is 10.0. The SMILES string of the molecule is CCOC(=O)[C@@]12C[C@@H]1/C=C\CCCCC[C@H](NC(=O)OC(C)(C)C)C(=O)N1C[C@H](Oc3nc4ccccc4nc3-c3ccccc3)C[C@H]1C(=O)N2. The molecule has 3 aromatic rings. The first-order valence-corrected chi connectivity index (χ1v) is 17.9. The summed E-state index contributed by atoms with van der Waals surface area (Å²) in [7, 11) is 0. The maximum Gasteiger partial charge on any atom is 0.408 e. The van der Waals surface area contributed by atoms with Gasteiger partial charge in [-0.3, -0.25) is 9.59 Å². The number of esters is 1. The second-order valence-corrected chi connectivity index (χ2v) is 14.5. The normalized spacial score (nSPS) is 26.1. The average molecular weight is 698 g/mol. The zero-order valence-electron chi connectivity index (χ0n) is 29.7. The number of benzene rings is 2. The molecule has 51 heavy (non-hydrogen) atoms.